The van der Waals surface area contributed by atoms with Crippen molar-refractivity contribution in [1.29, 1.82) is 0 Å². The zero-order valence-corrected chi connectivity index (χ0v) is 8.27. The lowest BCUT2D eigenvalue weighted by Crippen LogP contribution is -2.06. The molecular weight excluding hydrogens is 189 g/mol. The van der Waals surface area contributed by atoms with Crippen LogP contribution in [-0.2, 0) is 0 Å². The molecule has 72 valence electrons. The minimum absolute atomic E-state index is 0. The normalized spacial score (nSPS) is 11.6. The Labute approximate surface area is 83.9 Å². The predicted octanol–water partition coefficient (Wildman–Crippen LogP) is 2.74. The van der Waals surface area contributed by atoms with Crippen molar-refractivity contribution in [3.8, 4) is 0 Å². The van der Waals surface area contributed by atoms with Gasteiger partial charge in [-0.1, -0.05) is 18.2 Å². The first-order valence-corrected chi connectivity index (χ1v) is 3.79. The molecule has 1 nitrogen and oxygen atoms in total. The lowest BCUT2D eigenvalue weighted by Gasteiger charge is -2.06. The molecular formula is C10H13ClFN. The van der Waals surface area contributed by atoms with Gasteiger partial charge in [0.1, 0.15) is 5.82 Å². The molecule has 0 amide bonds. The maximum Gasteiger partial charge on any atom is 0.126 e. The Morgan fingerprint density at radius 2 is 2.15 bits per heavy atom. The molecule has 1 atom stereocenters. The van der Waals surface area contributed by atoms with Gasteiger partial charge in [0.15, 0.2) is 0 Å². The summed E-state index contributed by atoms with van der Waals surface area (Å²) in [5, 5.41) is 0. The summed E-state index contributed by atoms with van der Waals surface area (Å²) in [6.45, 7) is 5.26. The van der Waals surface area contributed by atoms with Crippen molar-refractivity contribution in [2.24, 2.45) is 5.73 Å². The van der Waals surface area contributed by atoms with Crippen molar-refractivity contribution in [3.63, 3.8) is 0 Å². The van der Waals surface area contributed by atoms with Gasteiger partial charge >= 0.3 is 0 Å². The number of aryl methyl sites for hydroxylation is 1. The van der Waals surface area contributed by atoms with Gasteiger partial charge in [-0.3, -0.25) is 0 Å². The topological polar surface area (TPSA) is 26.0 Å². The van der Waals surface area contributed by atoms with Crippen LogP contribution in [0.15, 0.2) is 30.9 Å². The van der Waals surface area contributed by atoms with E-state index in [1.807, 2.05) is 6.07 Å². The fourth-order valence-corrected chi connectivity index (χ4v) is 0.953. The number of nitrogens with two attached hydrogens (primary N) is 1. The van der Waals surface area contributed by atoms with Crippen molar-refractivity contribution in [2.45, 2.75) is 13.0 Å². The van der Waals surface area contributed by atoms with E-state index in [0.717, 1.165) is 5.56 Å². The Bertz CT molecular complexity index is 299. The Kier molecular flexibility index (Phi) is 4.67. The first-order valence-electron chi connectivity index (χ1n) is 3.79. The van der Waals surface area contributed by atoms with Gasteiger partial charge in [0.25, 0.3) is 0 Å². The molecule has 0 aliphatic rings. The third kappa shape index (κ3) is 2.83. The first-order chi connectivity index (χ1) is 5.65. The van der Waals surface area contributed by atoms with E-state index in [0.29, 0.717) is 5.56 Å². The van der Waals surface area contributed by atoms with E-state index in [-0.39, 0.29) is 24.3 Å². The molecule has 0 saturated carbocycles. The lowest BCUT2D eigenvalue weighted by molar-refractivity contribution is 0.615. The van der Waals surface area contributed by atoms with Gasteiger partial charge < -0.3 is 5.73 Å². The highest BCUT2D eigenvalue weighted by Crippen LogP contribution is 2.14. The first kappa shape index (κ1) is 12.1. The minimum atomic E-state index is -0.278. The Balaban J connectivity index is 0.00000144. The number of halogens is 2. The van der Waals surface area contributed by atoms with E-state index in [9.17, 15) is 4.39 Å². The largest absolute Gasteiger partial charge is 0.321 e. The summed E-state index contributed by atoms with van der Waals surface area (Å²) in [5.74, 6) is -0.218. The highest BCUT2D eigenvalue weighted by molar-refractivity contribution is 5.85. The molecule has 0 radical (unpaired) electrons. The molecule has 0 aliphatic carbocycles. The van der Waals surface area contributed by atoms with Crippen molar-refractivity contribution < 1.29 is 4.39 Å². The second-order valence-electron chi connectivity index (χ2n) is 2.77. The summed E-state index contributed by atoms with van der Waals surface area (Å²) in [6.07, 6.45) is 1.59. The third-order valence-electron chi connectivity index (χ3n) is 1.83. The molecule has 13 heavy (non-hydrogen) atoms. The van der Waals surface area contributed by atoms with E-state index in [4.69, 9.17) is 5.73 Å². The summed E-state index contributed by atoms with van der Waals surface area (Å²) < 4.78 is 13.0. The quantitative estimate of drug-likeness (QED) is 0.732. The average molecular weight is 202 g/mol. The third-order valence-corrected chi connectivity index (χ3v) is 1.83. The summed E-state index contributed by atoms with van der Waals surface area (Å²) in [6, 6.07) is 4.69. The zero-order valence-electron chi connectivity index (χ0n) is 7.46. The molecule has 0 spiro atoms. The van der Waals surface area contributed by atoms with Crippen molar-refractivity contribution in [3.05, 3.63) is 47.8 Å². The van der Waals surface area contributed by atoms with E-state index in [1.165, 1.54) is 6.07 Å². The summed E-state index contributed by atoms with van der Waals surface area (Å²) in [5.41, 5.74) is 7.02. The van der Waals surface area contributed by atoms with E-state index in [1.54, 1.807) is 19.1 Å². The van der Waals surface area contributed by atoms with Crippen LogP contribution < -0.4 is 5.73 Å². The monoisotopic (exact) mass is 201 g/mol. The van der Waals surface area contributed by atoms with Crippen LogP contribution in [0.1, 0.15) is 17.2 Å². The molecule has 0 saturated heterocycles. The Morgan fingerprint density at radius 1 is 1.54 bits per heavy atom. The summed E-state index contributed by atoms with van der Waals surface area (Å²) in [4.78, 5) is 0. The molecule has 0 aromatic heterocycles. The maximum atomic E-state index is 13.0. The fraction of sp³-hybridized carbons (Fsp3) is 0.200. The van der Waals surface area contributed by atoms with Crippen LogP contribution in [0.5, 0.6) is 0 Å². The van der Waals surface area contributed by atoms with Gasteiger partial charge in [-0.2, -0.15) is 0 Å². The van der Waals surface area contributed by atoms with E-state index in [2.05, 4.69) is 6.58 Å². The van der Waals surface area contributed by atoms with Gasteiger partial charge in [0, 0.05) is 6.04 Å². The summed E-state index contributed by atoms with van der Waals surface area (Å²) >= 11 is 0. The van der Waals surface area contributed by atoms with Crippen LogP contribution in [-0.4, -0.2) is 0 Å². The van der Waals surface area contributed by atoms with Crippen molar-refractivity contribution >= 4 is 12.4 Å². The standard InChI is InChI=1S/C10H12FN.ClH/c1-3-10(12)8-5-4-7(2)9(11)6-8;/h3-6,10H,1,12H2,2H3;1H/t10-;/m1./s1. The van der Waals surface area contributed by atoms with E-state index < -0.39 is 0 Å². The SMILES string of the molecule is C=C[C@@H](N)c1ccc(C)c(F)c1.Cl. The molecule has 0 unspecified atom stereocenters. The predicted molar refractivity (Wildman–Crippen MR) is 55.5 cm³/mol. The number of benzene rings is 1. The van der Waals surface area contributed by atoms with Crippen LogP contribution in [0, 0.1) is 12.7 Å². The fourth-order valence-electron chi connectivity index (χ4n) is 0.953. The summed E-state index contributed by atoms with van der Waals surface area (Å²) in [7, 11) is 0. The Hall–Kier alpha value is -0.860. The Morgan fingerprint density at radius 3 is 2.62 bits per heavy atom. The van der Waals surface area contributed by atoms with Gasteiger partial charge in [-0.25, -0.2) is 4.39 Å². The number of hydrogen-bond acceptors (Lipinski definition) is 1. The smallest absolute Gasteiger partial charge is 0.126 e. The van der Waals surface area contributed by atoms with Crippen molar-refractivity contribution in [1.82, 2.24) is 0 Å². The molecule has 0 fully saturated rings. The molecule has 3 heteroatoms. The van der Waals surface area contributed by atoms with Crippen LogP contribution in [0.2, 0.25) is 0 Å². The van der Waals surface area contributed by atoms with Crippen LogP contribution in [0.4, 0.5) is 4.39 Å². The maximum absolute atomic E-state index is 13.0. The van der Waals surface area contributed by atoms with Crippen LogP contribution in [0.3, 0.4) is 0 Å². The van der Waals surface area contributed by atoms with Crippen LogP contribution in [0.25, 0.3) is 0 Å². The second kappa shape index (κ2) is 5.00. The molecule has 2 N–H and O–H groups in total. The van der Waals surface area contributed by atoms with Crippen LogP contribution >= 0.6 is 12.4 Å². The highest BCUT2D eigenvalue weighted by Gasteiger charge is 2.03. The lowest BCUT2D eigenvalue weighted by atomic mass is 10.1. The van der Waals surface area contributed by atoms with Crippen molar-refractivity contribution in [2.75, 3.05) is 0 Å². The molecule has 0 heterocycles. The molecule has 1 aromatic carbocycles. The average Bonchev–Trinajstić information content (AvgIpc) is 2.08. The highest BCUT2D eigenvalue weighted by atomic mass is 35.5. The van der Waals surface area contributed by atoms with Gasteiger partial charge in [0.05, 0.1) is 0 Å². The number of rotatable bonds is 2. The molecule has 0 aliphatic heterocycles. The van der Waals surface area contributed by atoms with Gasteiger partial charge in [-0.05, 0) is 24.1 Å². The molecule has 0 bridgehead atoms. The second-order valence-corrected chi connectivity index (χ2v) is 2.77. The van der Waals surface area contributed by atoms with Gasteiger partial charge in [-0.15, -0.1) is 19.0 Å². The molecule has 1 aromatic rings. The molecule has 1 rings (SSSR count). The minimum Gasteiger partial charge on any atom is -0.321 e. The zero-order chi connectivity index (χ0) is 9.14. The number of hydrogen-bond donors (Lipinski definition) is 1. The van der Waals surface area contributed by atoms with Gasteiger partial charge in [0.2, 0.25) is 0 Å². The van der Waals surface area contributed by atoms with E-state index >= 15 is 0 Å².